The molecule has 15 heavy (non-hydrogen) atoms. The molecule has 0 aliphatic heterocycles. The maximum atomic E-state index is 11.3. The largest absolute Gasteiger partial charge is 0.772 e. The third-order valence-electron chi connectivity index (χ3n) is 2.50. The maximum absolute atomic E-state index is 11.3. The van der Waals surface area contributed by atoms with Gasteiger partial charge in [-0.2, -0.15) is 0 Å². The Morgan fingerprint density at radius 2 is 1.93 bits per heavy atom. The molecule has 0 aromatic heterocycles. The number of Topliss-reactive ketones (excluding diaryl/α,β-unsaturated/α-hetero) is 1. The van der Waals surface area contributed by atoms with Crippen molar-refractivity contribution in [3.8, 4) is 0 Å². The second-order valence-corrected chi connectivity index (χ2v) is 5.05. The summed E-state index contributed by atoms with van der Waals surface area (Å²) in [5, 5.41) is 0. The van der Waals surface area contributed by atoms with Crippen molar-refractivity contribution >= 4 is 16.9 Å². The maximum Gasteiger partial charge on any atom is 0.147 e. The molecule has 3 nitrogen and oxygen atoms in total. The minimum atomic E-state index is -2.40. The number of hydrogen-bond donors (Lipinski definition) is 0. The van der Waals surface area contributed by atoms with Gasteiger partial charge in [0.15, 0.2) is 0 Å². The van der Waals surface area contributed by atoms with Crippen molar-refractivity contribution in [1.29, 1.82) is 0 Å². The molecular weight excluding hydrogens is 212 g/mol. The van der Waals surface area contributed by atoms with Gasteiger partial charge < -0.3 is 4.55 Å². The van der Waals surface area contributed by atoms with E-state index in [-0.39, 0.29) is 12.2 Å². The van der Waals surface area contributed by atoms with Gasteiger partial charge in [-0.15, -0.1) is 0 Å². The van der Waals surface area contributed by atoms with E-state index in [9.17, 15) is 13.6 Å². The fraction of sp³-hybridized carbons (Fsp3) is 0.364. The van der Waals surface area contributed by atoms with E-state index in [1.165, 1.54) is 13.8 Å². The van der Waals surface area contributed by atoms with Crippen LogP contribution in [0.15, 0.2) is 30.3 Å². The molecule has 0 radical (unpaired) electrons. The average molecular weight is 225 g/mol. The molecule has 0 saturated heterocycles. The molecule has 0 N–H and O–H groups in total. The summed E-state index contributed by atoms with van der Waals surface area (Å²) in [5.74, 6) is -0.334. The van der Waals surface area contributed by atoms with Gasteiger partial charge in [-0.05, 0) is 36.9 Å². The van der Waals surface area contributed by atoms with Crippen LogP contribution in [-0.4, -0.2) is 19.3 Å². The monoisotopic (exact) mass is 225 g/mol. The van der Waals surface area contributed by atoms with Crippen LogP contribution >= 0.6 is 0 Å². The lowest BCUT2D eigenvalue weighted by Gasteiger charge is -2.29. The zero-order chi connectivity index (χ0) is 11.5. The molecule has 2 atom stereocenters. The van der Waals surface area contributed by atoms with Gasteiger partial charge in [0.2, 0.25) is 0 Å². The van der Waals surface area contributed by atoms with E-state index in [1.807, 2.05) is 30.3 Å². The molecule has 0 amide bonds. The molecule has 1 rings (SSSR count). The van der Waals surface area contributed by atoms with Gasteiger partial charge in [0, 0.05) is 0 Å². The van der Waals surface area contributed by atoms with Crippen LogP contribution in [0.2, 0.25) is 0 Å². The summed E-state index contributed by atoms with van der Waals surface area (Å²) in [6, 6.07) is 9.12. The van der Waals surface area contributed by atoms with Crippen LogP contribution in [0, 0.1) is 0 Å². The molecule has 0 bridgehead atoms. The SMILES string of the molecule is CC(=O)C(C)(Cc1ccccc1)S(=O)[O-]. The fourth-order valence-corrected chi connectivity index (χ4v) is 1.81. The van der Waals surface area contributed by atoms with Crippen LogP contribution in [0.3, 0.4) is 0 Å². The predicted octanol–water partition coefficient (Wildman–Crippen LogP) is 1.46. The number of benzene rings is 1. The first-order valence-corrected chi connectivity index (χ1v) is 5.68. The zero-order valence-corrected chi connectivity index (χ0v) is 9.54. The fourth-order valence-electron chi connectivity index (χ4n) is 1.29. The summed E-state index contributed by atoms with van der Waals surface area (Å²) in [6.07, 6.45) is 0.222. The standard InChI is InChI=1S/C11H14O3S/c1-9(12)11(2,15(13)14)8-10-6-4-3-5-7-10/h3-7H,8H2,1-2H3,(H,13,14)/p-1. The number of hydrogen-bond acceptors (Lipinski definition) is 3. The van der Waals surface area contributed by atoms with E-state index in [1.54, 1.807) is 0 Å². The Kier molecular flexibility index (Phi) is 3.77. The first kappa shape index (κ1) is 12.1. The molecule has 82 valence electrons. The lowest BCUT2D eigenvalue weighted by molar-refractivity contribution is -0.119. The third kappa shape index (κ3) is 2.73. The first-order chi connectivity index (χ1) is 6.97. The lowest BCUT2D eigenvalue weighted by atomic mass is 9.97. The van der Waals surface area contributed by atoms with Gasteiger partial charge in [-0.25, -0.2) is 0 Å². The first-order valence-electron chi connectivity index (χ1n) is 4.61. The Bertz CT molecular complexity index is 359. The molecule has 0 fully saturated rings. The summed E-state index contributed by atoms with van der Waals surface area (Å²) < 4.78 is 20.8. The Morgan fingerprint density at radius 3 is 2.33 bits per heavy atom. The average Bonchev–Trinajstić information content (AvgIpc) is 2.18. The second-order valence-electron chi connectivity index (χ2n) is 3.68. The summed E-state index contributed by atoms with van der Waals surface area (Å²) in [7, 11) is 0. The van der Waals surface area contributed by atoms with Crippen LogP contribution in [-0.2, 0) is 22.3 Å². The van der Waals surface area contributed by atoms with Crippen LogP contribution in [0.5, 0.6) is 0 Å². The molecule has 1 aromatic rings. The molecule has 0 aliphatic rings. The van der Waals surface area contributed by atoms with Gasteiger partial charge in [0.25, 0.3) is 0 Å². The van der Waals surface area contributed by atoms with Crippen molar-refractivity contribution in [2.45, 2.75) is 25.0 Å². The van der Waals surface area contributed by atoms with Gasteiger partial charge >= 0.3 is 0 Å². The summed E-state index contributed by atoms with van der Waals surface area (Å²) in [4.78, 5) is 11.3. The molecule has 0 spiro atoms. The van der Waals surface area contributed by atoms with Crippen molar-refractivity contribution in [3.05, 3.63) is 35.9 Å². The smallest absolute Gasteiger partial charge is 0.147 e. The van der Waals surface area contributed by atoms with Crippen LogP contribution in [0.25, 0.3) is 0 Å². The second kappa shape index (κ2) is 4.68. The molecular formula is C11H13O3S-. The van der Waals surface area contributed by atoms with Crippen molar-refractivity contribution in [2.24, 2.45) is 0 Å². The molecule has 2 unspecified atom stereocenters. The van der Waals surface area contributed by atoms with Crippen molar-refractivity contribution in [1.82, 2.24) is 0 Å². The number of rotatable bonds is 4. The molecule has 0 saturated carbocycles. The van der Waals surface area contributed by atoms with Crippen molar-refractivity contribution in [2.75, 3.05) is 0 Å². The quantitative estimate of drug-likeness (QED) is 0.729. The molecule has 0 heterocycles. The van der Waals surface area contributed by atoms with E-state index in [0.29, 0.717) is 0 Å². The number of carbonyl (C=O) groups excluding carboxylic acids is 1. The minimum absolute atomic E-state index is 0.222. The van der Waals surface area contributed by atoms with Crippen LogP contribution < -0.4 is 0 Å². The number of carbonyl (C=O) groups is 1. The van der Waals surface area contributed by atoms with Crippen LogP contribution in [0.4, 0.5) is 0 Å². The van der Waals surface area contributed by atoms with Crippen molar-refractivity contribution < 1.29 is 13.6 Å². The van der Waals surface area contributed by atoms with E-state index in [0.717, 1.165) is 5.56 Å². The van der Waals surface area contributed by atoms with Gasteiger partial charge in [0.05, 0.1) is 4.75 Å². The van der Waals surface area contributed by atoms with Gasteiger partial charge in [-0.3, -0.25) is 9.00 Å². The summed E-state index contributed by atoms with van der Waals surface area (Å²) >= 11 is -2.40. The molecule has 4 heteroatoms. The van der Waals surface area contributed by atoms with E-state index >= 15 is 0 Å². The van der Waals surface area contributed by atoms with Crippen LogP contribution in [0.1, 0.15) is 19.4 Å². The zero-order valence-electron chi connectivity index (χ0n) is 8.73. The van der Waals surface area contributed by atoms with Gasteiger partial charge in [-0.1, -0.05) is 30.3 Å². The normalized spacial score (nSPS) is 16.7. The van der Waals surface area contributed by atoms with E-state index < -0.39 is 15.8 Å². The summed E-state index contributed by atoms with van der Waals surface area (Å²) in [6.45, 7) is 2.75. The Morgan fingerprint density at radius 1 is 1.40 bits per heavy atom. The highest BCUT2D eigenvalue weighted by molar-refractivity contribution is 7.81. The third-order valence-corrected chi connectivity index (χ3v) is 3.66. The van der Waals surface area contributed by atoms with Crippen molar-refractivity contribution in [3.63, 3.8) is 0 Å². The molecule has 1 aromatic carbocycles. The van der Waals surface area contributed by atoms with E-state index in [2.05, 4.69) is 0 Å². The van der Waals surface area contributed by atoms with E-state index in [4.69, 9.17) is 0 Å². The minimum Gasteiger partial charge on any atom is -0.772 e. The lowest BCUT2D eigenvalue weighted by Crippen LogP contribution is -2.40. The predicted molar refractivity (Wildman–Crippen MR) is 58.2 cm³/mol. The summed E-state index contributed by atoms with van der Waals surface area (Å²) in [5.41, 5.74) is 0.847. The Labute approximate surface area is 91.8 Å². The molecule has 0 aliphatic carbocycles. The highest BCUT2D eigenvalue weighted by Gasteiger charge is 2.31. The Balaban J connectivity index is 2.95. The highest BCUT2D eigenvalue weighted by atomic mass is 32.2. The van der Waals surface area contributed by atoms with Gasteiger partial charge in [0.1, 0.15) is 5.78 Å². The Hall–Kier alpha value is -1.00. The number of ketones is 1. The highest BCUT2D eigenvalue weighted by Crippen LogP contribution is 2.20. The topological polar surface area (TPSA) is 57.2 Å².